The lowest BCUT2D eigenvalue weighted by atomic mass is 10.2. The van der Waals surface area contributed by atoms with Crippen molar-refractivity contribution < 1.29 is 22.8 Å². The van der Waals surface area contributed by atoms with Crippen LogP contribution in [0.1, 0.15) is 15.9 Å². The Kier molecular flexibility index (Phi) is 5.46. The fourth-order valence-electron chi connectivity index (χ4n) is 3.05. The van der Waals surface area contributed by atoms with Crippen LogP contribution in [0.5, 0.6) is 0 Å². The Labute approximate surface area is 183 Å². The summed E-state index contributed by atoms with van der Waals surface area (Å²) in [6.07, 6.45) is -4.42. The number of hydrogen-bond donors (Lipinski definition) is 3. The third-order valence-electron chi connectivity index (χ3n) is 4.77. The third-order valence-corrected chi connectivity index (χ3v) is 5.70. The standard InChI is InChI=1S/C20H17F3N6O2S/c1-24-16(30)9-25-17(31)10-3-6-14-13(7-10)26-18(29(14)2)28-19-27-12-5-4-11(20(21,22)23)8-15(12)32-19/h3-8H,9H2,1-2H3,(H,24,30)(H,25,31)(H,26,27,28). The van der Waals surface area contributed by atoms with Crippen molar-refractivity contribution in [1.29, 1.82) is 0 Å². The van der Waals surface area contributed by atoms with E-state index in [0.717, 1.165) is 29.0 Å². The molecule has 0 radical (unpaired) electrons. The molecule has 4 aromatic rings. The van der Waals surface area contributed by atoms with E-state index >= 15 is 0 Å². The van der Waals surface area contributed by atoms with E-state index in [4.69, 9.17) is 0 Å². The van der Waals surface area contributed by atoms with Crippen LogP contribution in [-0.4, -0.2) is 39.9 Å². The number of likely N-dealkylation sites (N-methyl/N-ethyl adjacent to an activating group) is 1. The number of alkyl halides is 3. The van der Waals surface area contributed by atoms with Gasteiger partial charge in [0.15, 0.2) is 5.13 Å². The molecule has 12 heteroatoms. The minimum absolute atomic E-state index is 0.143. The number of carbonyl (C=O) groups is 2. The van der Waals surface area contributed by atoms with Crippen LogP contribution in [0.15, 0.2) is 36.4 Å². The van der Waals surface area contributed by atoms with Crippen LogP contribution in [0.4, 0.5) is 24.3 Å². The number of aryl methyl sites for hydroxylation is 1. The number of hydrogen-bond acceptors (Lipinski definition) is 6. The van der Waals surface area contributed by atoms with E-state index in [1.54, 1.807) is 29.8 Å². The maximum atomic E-state index is 12.9. The highest BCUT2D eigenvalue weighted by Crippen LogP contribution is 2.35. The zero-order valence-electron chi connectivity index (χ0n) is 16.9. The Morgan fingerprint density at radius 2 is 1.88 bits per heavy atom. The van der Waals surface area contributed by atoms with Gasteiger partial charge in [0.1, 0.15) is 0 Å². The first-order valence-electron chi connectivity index (χ1n) is 9.36. The second-order valence-corrected chi connectivity index (χ2v) is 7.91. The molecule has 2 aromatic heterocycles. The molecule has 0 spiro atoms. The van der Waals surface area contributed by atoms with Crippen LogP contribution < -0.4 is 16.0 Å². The smallest absolute Gasteiger partial charge is 0.358 e. The van der Waals surface area contributed by atoms with Gasteiger partial charge >= 0.3 is 6.18 Å². The summed E-state index contributed by atoms with van der Waals surface area (Å²) < 4.78 is 41.0. The van der Waals surface area contributed by atoms with E-state index in [9.17, 15) is 22.8 Å². The zero-order valence-corrected chi connectivity index (χ0v) is 17.7. The molecule has 4 rings (SSSR count). The molecular weight excluding hydrogens is 445 g/mol. The van der Waals surface area contributed by atoms with Crippen molar-refractivity contribution in [2.24, 2.45) is 7.05 Å². The molecule has 2 heterocycles. The molecule has 0 aliphatic rings. The third kappa shape index (κ3) is 4.21. The number of thiazole rings is 1. The highest BCUT2D eigenvalue weighted by Gasteiger charge is 2.30. The monoisotopic (exact) mass is 462 g/mol. The van der Waals surface area contributed by atoms with Gasteiger partial charge in [0, 0.05) is 19.7 Å². The van der Waals surface area contributed by atoms with Gasteiger partial charge in [0.2, 0.25) is 11.9 Å². The number of nitrogens with one attached hydrogen (secondary N) is 3. The van der Waals surface area contributed by atoms with Crippen LogP contribution >= 0.6 is 11.3 Å². The van der Waals surface area contributed by atoms with E-state index in [1.807, 2.05) is 0 Å². The van der Waals surface area contributed by atoms with Gasteiger partial charge in [-0.15, -0.1) is 0 Å². The van der Waals surface area contributed by atoms with Gasteiger partial charge in [-0.3, -0.25) is 9.59 Å². The summed E-state index contributed by atoms with van der Waals surface area (Å²) in [7, 11) is 3.24. The molecule has 32 heavy (non-hydrogen) atoms. The SMILES string of the molecule is CNC(=O)CNC(=O)c1ccc2c(c1)nc(Nc1nc3ccc(C(F)(F)F)cc3s1)n2C. The molecule has 0 aliphatic carbocycles. The van der Waals surface area contributed by atoms with Gasteiger partial charge in [-0.2, -0.15) is 13.2 Å². The summed E-state index contributed by atoms with van der Waals surface area (Å²) in [4.78, 5) is 32.4. The summed E-state index contributed by atoms with van der Waals surface area (Å²) in [5.41, 5.74) is 1.31. The first-order valence-corrected chi connectivity index (χ1v) is 10.2. The Morgan fingerprint density at radius 1 is 1.09 bits per heavy atom. The molecule has 166 valence electrons. The number of halogens is 3. The van der Waals surface area contributed by atoms with E-state index in [1.165, 1.54) is 13.1 Å². The lowest BCUT2D eigenvalue weighted by molar-refractivity contribution is -0.137. The van der Waals surface area contributed by atoms with Crippen molar-refractivity contribution >= 4 is 55.5 Å². The van der Waals surface area contributed by atoms with Crippen LogP contribution in [0.25, 0.3) is 21.3 Å². The fraction of sp³-hybridized carbons (Fsp3) is 0.200. The lowest BCUT2D eigenvalue weighted by Crippen LogP contribution is -2.35. The topological polar surface area (TPSA) is 101 Å². The number of amides is 2. The maximum Gasteiger partial charge on any atom is 0.416 e. The van der Waals surface area contributed by atoms with Crippen LogP contribution in [0, 0.1) is 0 Å². The van der Waals surface area contributed by atoms with Crippen molar-refractivity contribution in [3.63, 3.8) is 0 Å². The molecule has 0 saturated carbocycles. The van der Waals surface area contributed by atoms with Crippen LogP contribution in [-0.2, 0) is 18.0 Å². The molecule has 0 saturated heterocycles. The second-order valence-electron chi connectivity index (χ2n) is 6.88. The Hall–Kier alpha value is -3.67. The van der Waals surface area contributed by atoms with Gasteiger partial charge in [-0.05, 0) is 36.4 Å². The number of anilines is 2. The van der Waals surface area contributed by atoms with Crippen molar-refractivity contribution in [3.8, 4) is 0 Å². The van der Waals surface area contributed by atoms with E-state index < -0.39 is 17.6 Å². The number of benzene rings is 2. The normalized spacial score (nSPS) is 11.7. The van der Waals surface area contributed by atoms with Crippen LogP contribution in [0.2, 0.25) is 0 Å². The largest absolute Gasteiger partial charge is 0.416 e. The number of nitrogens with zero attached hydrogens (tertiary/aromatic N) is 3. The van der Waals surface area contributed by atoms with E-state index in [0.29, 0.717) is 32.4 Å². The Balaban J connectivity index is 1.59. The minimum atomic E-state index is -4.42. The molecular formula is C20H17F3N6O2S. The minimum Gasteiger partial charge on any atom is -0.358 e. The van der Waals surface area contributed by atoms with Gasteiger partial charge in [-0.25, -0.2) is 9.97 Å². The summed E-state index contributed by atoms with van der Waals surface area (Å²) in [6.45, 7) is -0.143. The molecule has 0 aliphatic heterocycles. The highest BCUT2D eigenvalue weighted by molar-refractivity contribution is 7.22. The van der Waals surface area contributed by atoms with Crippen molar-refractivity contribution in [2.75, 3.05) is 18.9 Å². The molecule has 0 unspecified atom stereocenters. The van der Waals surface area contributed by atoms with Crippen LogP contribution in [0.3, 0.4) is 0 Å². The molecule has 8 nitrogen and oxygen atoms in total. The number of fused-ring (bicyclic) bond motifs is 2. The van der Waals surface area contributed by atoms with Gasteiger partial charge in [0.25, 0.3) is 5.91 Å². The van der Waals surface area contributed by atoms with Gasteiger partial charge < -0.3 is 20.5 Å². The number of carbonyl (C=O) groups excluding carboxylic acids is 2. The summed E-state index contributed by atoms with van der Waals surface area (Å²) in [5, 5.41) is 8.35. The van der Waals surface area contributed by atoms with Gasteiger partial charge in [0.05, 0.1) is 33.4 Å². The molecule has 0 atom stereocenters. The Bertz CT molecular complexity index is 1340. The predicted octanol–water partition coefficient (Wildman–Crippen LogP) is 3.42. The average molecular weight is 462 g/mol. The summed E-state index contributed by atoms with van der Waals surface area (Å²) in [5.74, 6) is -0.317. The highest BCUT2D eigenvalue weighted by atomic mass is 32.1. The van der Waals surface area contributed by atoms with Crippen molar-refractivity contribution in [2.45, 2.75) is 6.18 Å². The van der Waals surface area contributed by atoms with E-state index in [-0.39, 0.29) is 12.5 Å². The zero-order chi connectivity index (χ0) is 23.0. The molecule has 2 amide bonds. The van der Waals surface area contributed by atoms with Gasteiger partial charge in [-0.1, -0.05) is 11.3 Å². The predicted molar refractivity (Wildman–Crippen MR) is 115 cm³/mol. The first kappa shape index (κ1) is 21.6. The maximum absolute atomic E-state index is 12.9. The van der Waals surface area contributed by atoms with Crippen molar-refractivity contribution in [3.05, 3.63) is 47.5 Å². The molecule has 2 aromatic carbocycles. The molecule has 3 N–H and O–H groups in total. The number of aromatic nitrogens is 3. The number of imidazole rings is 1. The quantitative estimate of drug-likeness (QED) is 0.422. The summed E-state index contributed by atoms with van der Waals surface area (Å²) in [6, 6.07) is 8.32. The lowest BCUT2D eigenvalue weighted by Gasteiger charge is -2.04. The molecule has 0 fully saturated rings. The van der Waals surface area contributed by atoms with Crippen molar-refractivity contribution in [1.82, 2.24) is 25.2 Å². The Morgan fingerprint density at radius 3 is 2.59 bits per heavy atom. The van der Waals surface area contributed by atoms with E-state index in [2.05, 4.69) is 25.9 Å². The average Bonchev–Trinajstić information content (AvgIpc) is 3.30. The fourth-order valence-corrected chi connectivity index (χ4v) is 3.95. The molecule has 0 bridgehead atoms. The first-order chi connectivity index (χ1) is 15.2. The summed E-state index contributed by atoms with van der Waals surface area (Å²) >= 11 is 1.08. The number of rotatable bonds is 5. The second kappa shape index (κ2) is 8.11.